The van der Waals surface area contributed by atoms with Crippen LogP contribution in [-0.4, -0.2) is 38.6 Å². The van der Waals surface area contributed by atoms with Crippen molar-refractivity contribution in [1.29, 1.82) is 0 Å². The number of amides is 1. The highest BCUT2D eigenvalue weighted by molar-refractivity contribution is 14.1. The maximum absolute atomic E-state index is 13.2. The molecule has 0 aromatic heterocycles. The van der Waals surface area contributed by atoms with Gasteiger partial charge in [0.1, 0.15) is 0 Å². The van der Waals surface area contributed by atoms with Gasteiger partial charge in [-0.3, -0.25) is 9.52 Å². The molecule has 0 atom stereocenters. The number of nitrogens with one attached hydrogen (secondary N) is 1. The Balaban J connectivity index is 1.93. The summed E-state index contributed by atoms with van der Waals surface area (Å²) in [6, 6.07) is 10.3. The van der Waals surface area contributed by atoms with Gasteiger partial charge in [0.2, 0.25) is 0 Å². The van der Waals surface area contributed by atoms with Gasteiger partial charge in [-0.1, -0.05) is 12.8 Å². The van der Waals surface area contributed by atoms with Crippen molar-refractivity contribution in [1.82, 2.24) is 4.90 Å². The summed E-state index contributed by atoms with van der Waals surface area (Å²) in [6.45, 7) is 3.32. The Kier molecular flexibility index (Phi) is 7.50. The summed E-state index contributed by atoms with van der Waals surface area (Å²) in [4.78, 5) is 15.9. The van der Waals surface area contributed by atoms with E-state index in [9.17, 15) is 13.2 Å². The maximum atomic E-state index is 13.2. The van der Waals surface area contributed by atoms with E-state index in [2.05, 4.69) is 27.3 Å². The summed E-state index contributed by atoms with van der Waals surface area (Å²) >= 11 is 3.65. The molecule has 2 aromatic rings. The molecule has 0 saturated carbocycles. The Labute approximate surface area is 190 Å². The predicted octanol–water partition coefficient (Wildman–Crippen LogP) is 5.14. The first kappa shape index (κ1) is 22.4. The van der Waals surface area contributed by atoms with E-state index in [-0.39, 0.29) is 10.8 Å². The molecule has 1 aliphatic rings. The Morgan fingerprint density at radius 3 is 2.38 bits per heavy atom. The lowest BCUT2D eigenvalue weighted by Crippen LogP contribution is -2.32. The average molecular weight is 544 g/mol. The zero-order valence-electron chi connectivity index (χ0n) is 16.6. The first-order chi connectivity index (χ1) is 13.8. The number of hydrogen-bond acceptors (Lipinski definition) is 4. The van der Waals surface area contributed by atoms with Gasteiger partial charge >= 0.3 is 0 Å². The molecule has 29 heavy (non-hydrogen) atoms. The second-order valence-corrected chi connectivity index (χ2v) is 10.9. The van der Waals surface area contributed by atoms with Crippen molar-refractivity contribution < 1.29 is 13.2 Å². The number of hydrogen-bond donors (Lipinski definition) is 1. The fraction of sp³-hybridized carbons (Fsp3) is 0.381. The van der Waals surface area contributed by atoms with Gasteiger partial charge in [-0.25, -0.2) is 8.42 Å². The van der Waals surface area contributed by atoms with Crippen molar-refractivity contribution in [2.45, 2.75) is 42.4 Å². The molecule has 5 nitrogen and oxygen atoms in total. The van der Waals surface area contributed by atoms with Crippen molar-refractivity contribution in [2.24, 2.45) is 0 Å². The zero-order valence-corrected chi connectivity index (χ0v) is 20.4. The summed E-state index contributed by atoms with van der Waals surface area (Å²) in [5.41, 5.74) is 1.85. The minimum Gasteiger partial charge on any atom is -0.339 e. The summed E-state index contributed by atoms with van der Waals surface area (Å²) in [5.74, 6) is -0.0845. The number of aryl methyl sites for hydroxylation is 1. The van der Waals surface area contributed by atoms with Crippen LogP contribution in [0.2, 0.25) is 0 Å². The highest BCUT2D eigenvalue weighted by atomic mass is 127. The van der Waals surface area contributed by atoms with Gasteiger partial charge in [0, 0.05) is 21.6 Å². The number of sulfonamides is 1. The number of halogens is 1. The molecular formula is C21H25IN2O3S2. The lowest BCUT2D eigenvalue weighted by Gasteiger charge is -2.22. The maximum Gasteiger partial charge on any atom is 0.261 e. The van der Waals surface area contributed by atoms with Crippen LogP contribution in [0.1, 0.15) is 41.6 Å². The number of nitrogens with zero attached hydrogens (tertiary/aromatic N) is 1. The molecule has 156 valence electrons. The van der Waals surface area contributed by atoms with Crippen molar-refractivity contribution in [3.05, 3.63) is 51.1 Å². The predicted molar refractivity (Wildman–Crippen MR) is 127 cm³/mol. The van der Waals surface area contributed by atoms with Gasteiger partial charge < -0.3 is 4.90 Å². The zero-order chi connectivity index (χ0) is 21.0. The van der Waals surface area contributed by atoms with Gasteiger partial charge in [0.05, 0.1) is 16.1 Å². The SMILES string of the molecule is CSc1ccc(S(=O)(=O)Nc2ccc(I)cc2C)cc1C(=O)N1CCCCCC1. The van der Waals surface area contributed by atoms with Crippen LogP contribution in [0.5, 0.6) is 0 Å². The molecular weight excluding hydrogens is 519 g/mol. The molecule has 1 heterocycles. The standard InChI is InChI=1S/C21H25IN2O3S2/c1-15-13-16(22)7-9-19(15)23-29(26,27)17-8-10-20(28-2)18(14-17)21(25)24-11-5-3-4-6-12-24/h7-10,13-14,23H,3-6,11-12H2,1-2H3. The minimum atomic E-state index is -3.80. The van der Waals surface area contributed by atoms with E-state index in [4.69, 9.17) is 0 Å². The minimum absolute atomic E-state index is 0.0845. The fourth-order valence-corrected chi connectivity index (χ4v) is 5.78. The van der Waals surface area contributed by atoms with E-state index < -0.39 is 10.0 Å². The lowest BCUT2D eigenvalue weighted by molar-refractivity contribution is 0.0758. The average Bonchev–Trinajstić information content (AvgIpc) is 2.98. The first-order valence-electron chi connectivity index (χ1n) is 9.58. The fourth-order valence-electron chi connectivity index (χ4n) is 3.41. The van der Waals surface area contributed by atoms with Crippen LogP contribution in [0, 0.1) is 10.5 Å². The topological polar surface area (TPSA) is 66.5 Å². The number of thioether (sulfide) groups is 1. The largest absolute Gasteiger partial charge is 0.339 e. The number of carbonyl (C=O) groups is 1. The van der Waals surface area contributed by atoms with Crippen LogP contribution < -0.4 is 4.72 Å². The Bertz CT molecular complexity index is 1000. The molecule has 1 amide bonds. The number of anilines is 1. The lowest BCUT2D eigenvalue weighted by atomic mass is 10.2. The van der Waals surface area contributed by atoms with Crippen molar-refractivity contribution >= 4 is 56.0 Å². The molecule has 0 radical (unpaired) electrons. The molecule has 2 aromatic carbocycles. The van der Waals surface area contributed by atoms with Crippen molar-refractivity contribution in [2.75, 3.05) is 24.1 Å². The van der Waals surface area contributed by atoms with Crippen LogP contribution >= 0.6 is 34.4 Å². The molecule has 8 heteroatoms. The summed E-state index contributed by atoms with van der Waals surface area (Å²) in [6.07, 6.45) is 6.15. The molecule has 0 spiro atoms. The quantitative estimate of drug-likeness (QED) is 0.419. The number of carbonyl (C=O) groups excluding carboxylic acids is 1. The third-order valence-corrected chi connectivity index (χ3v) is 7.87. The molecule has 1 saturated heterocycles. The van der Waals surface area contributed by atoms with Crippen LogP contribution in [0.25, 0.3) is 0 Å². The normalized spacial score (nSPS) is 15.1. The molecule has 1 N–H and O–H groups in total. The van der Waals surface area contributed by atoms with E-state index in [0.29, 0.717) is 11.3 Å². The number of rotatable bonds is 5. The molecule has 0 aliphatic carbocycles. The molecule has 1 fully saturated rings. The number of likely N-dealkylation sites (tertiary alicyclic amines) is 1. The van der Waals surface area contributed by atoms with Crippen LogP contribution in [0.4, 0.5) is 5.69 Å². The van der Waals surface area contributed by atoms with Crippen LogP contribution in [0.3, 0.4) is 0 Å². The van der Waals surface area contributed by atoms with Gasteiger partial charge in [-0.2, -0.15) is 0 Å². The second-order valence-electron chi connectivity index (χ2n) is 7.13. The van der Waals surface area contributed by atoms with E-state index in [1.54, 1.807) is 18.2 Å². The van der Waals surface area contributed by atoms with E-state index in [0.717, 1.165) is 52.8 Å². The first-order valence-corrected chi connectivity index (χ1v) is 13.4. The Morgan fingerprint density at radius 2 is 1.76 bits per heavy atom. The van der Waals surface area contributed by atoms with Gasteiger partial charge in [-0.15, -0.1) is 11.8 Å². The smallest absolute Gasteiger partial charge is 0.261 e. The third kappa shape index (κ3) is 5.46. The van der Waals surface area contributed by atoms with Gasteiger partial charge in [0.25, 0.3) is 15.9 Å². The molecule has 0 bridgehead atoms. The van der Waals surface area contributed by atoms with Crippen molar-refractivity contribution in [3.8, 4) is 0 Å². The van der Waals surface area contributed by atoms with E-state index in [1.807, 2.05) is 30.2 Å². The highest BCUT2D eigenvalue weighted by Gasteiger charge is 2.23. The molecule has 1 aliphatic heterocycles. The number of benzene rings is 2. The van der Waals surface area contributed by atoms with Crippen LogP contribution in [-0.2, 0) is 10.0 Å². The summed E-state index contributed by atoms with van der Waals surface area (Å²) < 4.78 is 29.7. The third-order valence-electron chi connectivity index (χ3n) is 5.04. The summed E-state index contributed by atoms with van der Waals surface area (Å²) in [5, 5.41) is 0. The monoisotopic (exact) mass is 544 g/mol. The summed E-state index contributed by atoms with van der Waals surface area (Å²) in [7, 11) is -3.80. The Morgan fingerprint density at radius 1 is 1.07 bits per heavy atom. The molecule has 0 unspecified atom stereocenters. The second kappa shape index (κ2) is 9.70. The van der Waals surface area contributed by atoms with Gasteiger partial charge in [-0.05, 0) is 90.6 Å². The van der Waals surface area contributed by atoms with E-state index in [1.165, 1.54) is 17.8 Å². The van der Waals surface area contributed by atoms with Crippen molar-refractivity contribution in [3.63, 3.8) is 0 Å². The van der Waals surface area contributed by atoms with Crippen LogP contribution in [0.15, 0.2) is 46.2 Å². The Hall–Kier alpha value is -1.26. The highest BCUT2D eigenvalue weighted by Crippen LogP contribution is 2.28. The van der Waals surface area contributed by atoms with Gasteiger partial charge in [0.15, 0.2) is 0 Å². The molecule has 3 rings (SSSR count). The van der Waals surface area contributed by atoms with E-state index >= 15 is 0 Å².